The lowest BCUT2D eigenvalue weighted by Gasteiger charge is -2.07. The smallest absolute Gasteiger partial charge is 0.416 e. The normalized spacial score (nSPS) is 11.1. The summed E-state index contributed by atoms with van der Waals surface area (Å²) in [5.41, 5.74) is 0.253. The van der Waals surface area contributed by atoms with Gasteiger partial charge in [0.15, 0.2) is 0 Å². The first-order valence-electron chi connectivity index (χ1n) is 6.76. The lowest BCUT2D eigenvalue weighted by Crippen LogP contribution is -2.19. The Kier molecular flexibility index (Phi) is 5.16. The Morgan fingerprint density at radius 1 is 0.870 bits per heavy atom. The van der Waals surface area contributed by atoms with Crippen LogP contribution in [0.3, 0.4) is 0 Å². The molecule has 0 fully saturated rings. The van der Waals surface area contributed by atoms with Crippen LogP contribution >= 0.6 is 0 Å². The molecule has 120 valence electrons. The van der Waals surface area contributed by atoms with Crippen LogP contribution in [0.5, 0.6) is 0 Å². The molecule has 0 aliphatic rings. The molecule has 0 unspecified atom stereocenters. The van der Waals surface area contributed by atoms with Gasteiger partial charge in [-0.1, -0.05) is 42.5 Å². The van der Waals surface area contributed by atoms with Crippen molar-refractivity contribution in [1.29, 1.82) is 0 Å². The molecule has 2 aromatic rings. The maximum atomic E-state index is 12.4. The summed E-state index contributed by atoms with van der Waals surface area (Å²) in [6.07, 6.45) is -4.73. The average Bonchev–Trinajstić information content (AvgIpc) is 2.53. The molecular weight excluding hydrogens is 309 g/mol. The Morgan fingerprint density at radius 2 is 1.48 bits per heavy atom. The zero-order valence-corrected chi connectivity index (χ0v) is 12.0. The molecule has 0 aliphatic carbocycles. The molecule has 0 N–H and O–H groups in total. The predicted octanol–water partition coefficient (Wildman–Crippen LogP) is 3.56. The second-order valence-electron chi connectivity index (χ2n) is 4.86. The number of carbonyl (C=O) groups is 2. The van der Waals surface area contributed by atoms with Gasteiger partial charge in [-0.25, -0.2) is 4.79 Å². The van der Waals surface area contributed by atoms with Gasteiger partial charge in [-0.15, -0.1) is 0 Å². The molecule has 2 rings (SSSR count). The molecule has 0 heterocycles. The SMILES string of the molecule is O=C(Cc1ccc(C(F)(F)F)cc1)C(=O)OCc1ccccc1. The van der Waals surface area contributed by atoms with Crippen molar-refractivity contribution in [3.05, 3.63) is 71.3 Å². The number of benzene rings is 2. The quantitative estimate of drug-likeness (QED) is 0.624. The Morgan fingerprint density at radius 3 is 2.04 bits per heavy atom. The first kappa shape index (κ1) is 16.7. The van der Waals surface area contributed by atoms with Crippen molar-refractivity contribution in [2.75, 3.05) is 0 Å². The van der Waals surface area contributed by atoms with Gasteiger partial charge >= 0.3 is 12.1 Å². The number of halogens is 3. The van der Waals surface area contributed by atoms with Crippen LogP contribution in [0.15, 0.2) is 54.6 Å². The predicted molar refractivity (Wildman–Crippen MR) is 76.4 cm³/mol. The van der Waals surface area contributed by atoms with E-state index in [9.17, 15) is 22.8 Å². The van der Waals surface area contributed by atoms with Gasteiger partial charge in [0.05, 0.1) is 5.56 Å². The fourth-order valence-corrected chi connectivity index (χ4v) is 1.87. The summed E-state index contributed by atoms with van der Waals surface area (Å²) in [4.78, 5) is 23.3. The molecule has 0 radical (unpaired) electrons. The van der Waals surface area contributed by atoms with Crippen molar-refractivity contribution in [2.45, 2.75) is 19.2 Å². The van der Waals surface area contributed by atoms with Crippen LogP contribution in [0.2, 0.25) is 0 Å². The minimum absolute atomic E-state index is 0.0293. The van der Waals surface area contributed by atoms with E-state index in [0.29, 0.717) is 5.56 Å². The lowest BCUT2D eigenvalue weighted by molar-refractivity contribution is -0.154. The topological polar surface area (TPSA) is 43.4 Å². The molecule has 0 bridgehead atoms. The number of ether oxygens (including phenoxy) is 1. The second kappa shape index (κ2) is 7.09. The van der Waals surface area contributed by atoms with Crippen LogP contribution in [-0.2, 0) is 33.5 Å². The first-order chi connectivity index (χ1) is 10.9. The van der Waals surface area contributed by atoms with Crippen molar-refractivity contribution in [3.63, 3.8) is 0 Å². The highest BCUT2D eigenvalue weighted by Crippen LogP contribution is 2.29. The lowest BCUT2D eigenvalue weighted by atomic mass is 10.1. The van der Waals surface area contributed by atoms with Crippen molar-refractivity contribution >= 4 is 11.8 Å². The van der Waals surface area contributed by atoms with Crippen molar-refractivity contribution in [1.82, 2.24) is 0 Å². The van der Waals surface area contributed by atoms with Gasteiger partial charge in [-0.2, -0.15) is 13.2 Å². The molecule has 0 amide bonds. The number of ketones is 1. The summed E-state index contributed by atoms with van der Waals surface area (Å²) in [7, 11) is 0. The van der Waals surface area contributed by atoms with Gasteiger partial charge in [-0.3, -0.25) is 4.79 Å². The maximum Gasteiger partial charge on any atom is 0.416 e. The van der Waals surface area contributed by atoms with Crippen LogP contribution in [0.4, 0.5) is 13.2 Å². The highest BCUT2D eigenvalue weighted by Gasteiger charge is 2.30. The Balaban J connectivity index is 1.89. The van der Waals surface area contributed by atoms with Gasteiger partial charge in [0.25, 0.3) is 0 Å². The maximum absolute atomic E-state index is 12.4. The van der Waals surface area contributed by atoms with Crippen LogP contribution in [0.1, 0.15) is 16.7 Å². The van der Waals surface area contributed by atoms with E-state index in [2.05, 4.69) is 0 Å². The molecule has 23 heavy (non-hydrogen) atoms. The number of hydrogen-bond acceptors (Lipinski definition) is 3. The third kappa shape index (κ3) is 4.95. The van der Waals surface area contributed by atoms with E-state index in [0.717, 1.165) is 17.7 Å². The minimum atomic E-state index is -4.43. The minimum Gasteiger partial charge on any atom is -0.455 e. The van der Waals surface area contributed by atoms with Gasteiger partial charge < -0.3 is 4.74 Å². The first-order valence-corrected chi connectivity index (χ1v) is 6.76. The fraction of sp³-hybridized carbons (Fsp3) is 0.176. The zero-order valence-electron chi connectivity index (χ0n) is 12.0. The van der Waals surface area contributed by atoms with E-state index in [-0.39, 0.29) is 13.0 Å². The van der Waals surface area contributed by atoms with Crippen molar-refractivity contribution < 1.29 is 27.5 Å². The second-order valence-corrected chi connectivity index (χ2v) is 4.86. The third-order valence-corrected chi connectivity index (χ3v) is 3.09. The number of esters is 1. The van der Waals surface area contributed by atoms with Gasteiger partial charge in [0.1, 0.15) is 6.61 Å². The highest BCUT2D eigenvalue weighted by atomic mass is 19.4. The molecular formula is C17H13F3O3. The summed E-state index contributed by atoms with van der Waals surface area (Å²) in [5, 5.41) is 0. The highest BCUT2D eigenvalue weighted by molar-refractivity contribution is 6.34. The number of alkyl halides is 3. The molecule has 0 aromatic heterocycles. The molecule has 2 aromatic carbocycles. The molecule has 0 atom stereocenters. The van der Waals surface area contributed by atoms with Crippen molar-refractivity contribution in [3.8, 4) is 0 Å². The molecule has 0 saturated heterocycles. The van der Waals surface area contributed by atoms with Crippen LogP contribution in [-0.4, -0.2) is 11.8 Å². The summed E-state index contributed by atoms with van der Waals surface area (Å²) < 4.78 is 42.2. The Hall–Kier alpha value is -2.63. The van der Waals surface area contributed by atoms with E-state index < -0.39 is 23.5 Å². The molecule has 0 aliphatic heterocycles. The van der Waals surface area contributed by atoms with Crippen LogP contribution in [0, 0.1) is 0 Å². The summed E-state index contributed by atoms with van der Waals surface area (Å²) in [6, 6.07) is 12.9. The van der Waals surface area contributed by atoms with E-state index in [4.69, 9.17) is 4.74 Å². The largest absolute Gasteiger partial charge is 0.455 e. The van der Waals surface area contributed by atoms with Gasteiger partial charge in [0, 0.05) is 6.42 Å². The molecule has 0 spiro atoms. The van der Waals surface area contributed by atoms with E-state index in [1.807, 2.05) is 0 Å². The fourth-order valence-electron chi connectivity index (χ4n) is 1.87. The zero-order chi connectivity index (χ0) is 16.9. The molecule has 0 saturated carbocycles. The Bertz CT molecular complexity index is 676. The summed E-state index contributed by atoms with van der Waals surface area (Å²) >= 11 is 0. The van der Waals surface area contributed by atoms with E-state index in [1.54, 1.807) is 30.3 Å². The monoisotopic (exact) mass is 322 g/mol. The molecule has 3 nitrogen and oxygen atoms in total. The molecule has 6 heteroatoms. The van der Waals surface area contributed by atoms with Gasteiger partial charge in [-0.05, 0) is 23.3 Å². The number of Topliss-reactive ketones (excluding diaryl/α,β-unsaturated/α-hetero) is 1. The van der Waals surface area contributed by atoms with Crippen LogP contribution < -0.4 is 0 Å². The van der Waals surface area contributed by atoms with E-state index in [1.165, 1.54) is 12.1 Å². The third-order valence-electron chi connectivity index (χ3n) is 3.09. The van der Waals surface area contributed by atoms with E-state index >= 15 is 0 Å². The standard InChI is InChI=1S/C17H13F3O3/c18-17(19,20)14-8-6-12(7-9-14)10-15(21)16(22)23-11-13-4-2-1-3-5-13/h1-9H,10-11H2. The number of rotatable bonds is 5. The number of hydrogen-bond donors (Lipinski definition) is 0. The van der Waals surface area contributed by atoms with Gasteiger partial charge in [0.2, 0.25) is 5.78 Å². The van der Waals surface area contributed by atoms with Crippen LogP contribution in [0.25, 0.3) is 0 Å². The Labute approximate surface area is 130 Å². The number of carbonyl (C=O) groups excluding carboxylic acids is 2. The van der Waals surface area contributed by atoms with Crippen molar-refractivity contribution in [2.24, 2.45) is 0 Å². The summed E-state index contributed by atoms with van der Waals surface area (Å²) in [5.74, 6) is -1.81. The average molecular weight is 322 g/mol. The summed E-state index contributed by atoms with van der Waals surface area (Å²) in [6.45, 7) is -0.0293.